The largest absolute Gasteiger partial charge is 0.384 e. The molecule has 3 rings (SSSR count). The number of aliphatic hydroxyl groups excluding tert-OH is 1. The van der Waals surface area contributed by atoms with Crippen molar-refractivity contribution in [3.8, 4) is 6.07 Å². The molecule has 1 atom stereocenters. The Morgan fingerprint density at radius 3 is 2.30 bits per heavy atom. The average molecular weight is 259 g/mol. The van der Waals surface area contributed by atoms with E-state index in [-0.39, 0.29) is 0 Å². The van der Waals surface area contributed by atoms with Gasteiger partial charge in [0.2, 0.25) is 0 Å². The van der Waals surface area contributed by atoms with E-state index < -0.39 is 6.10 Å². The summed E-state index contributed by atoms with van der Waals surface area (Å²) in [7, 11) is 0. The van der Waals surface area contributed by atoms with Crippen LogP contribution in [0.25, 0.3) is 10.8 Å². The van der Waals surface area contributed by atoms with Crippen molar-refractivity contribution >= 4 is 10.8 Å². The molecule has 0 heterocycles. The normalized spacial score (nSPS) is 12.0. The Labute approximate surface area is 117 Å². The van der Waals surface area contributed by atoms with Crippen LogP contribution in [0.1, 0.15) is 22.8 Å². The molecular weight excluding hydrogens is 246 g/mol. The number of rotatable bonds is 2. The lowest BCUT2D eigenvalue weighted by molar-refractivity contribution is 0.222. The van der Waals surface area contributed by atoms with Gasteiger partial charge in [0.15, 0.2) is 0 Å². The number of nitrogens with zero attached hydrogens (tertiary/aromatic N) is 1. The van der Waals surface area contributed by atoms with Crippen molar-refractivity contribution in [1.82, 2.24) is 0 Å². The van der Waals surface area contributed by atoms with Crippen LogP contribution in [0.4, 0.5) is 0 Å². The molecular formula is C18H13NO. The second kappa shape index (κ2) is 5.16. The minimum atomic E-state index is -0.686. The van der Waals surface area contributed by atoms with Crippen molar-refractivity contribution in [3.05, 3.63) is 83.4 Å². The molecule has 0 aliphatic heterocycles. The fraction of sp³-hybridized carbons (Fsp3) is 0.0556. The highest BCUT2D eigenvalue weighted by Gasteiger charge is 2.13. The minimum absolute atomic E-state index is 0.596. The summed E-state index contributed by atoms with van der Waals surface area (Å²) in [5.74, 6) is 0. The lowest BCUT2D eigenvalue weighted by atomic mass is 9.95. The van der Waals surface area contributed by atoms with E-state index in [1.165, 1.54) is 0 Å². The molecule has 20 heavy (non-hydrogen) atoms. The summed E-state index contributed by atoms with van der Waals surface area (Å²) in [6, 6.07) is 23.0. The minimum Gasteiger partial charge on any atom is -0.384 e. The van der Waals surface area contributed by atoms with Gasteiger partial charge in [0.25, 0.3) is 0 Å². The Bertz CT molecular complexity index is 779. The van der Waals surface area contributed by atoms with E-state index in [1.807, 2.05) is 42.5 Å². The van der Waals surface area contributed by atoms with Crippen LogP contribution in [0.3, 0.4) is 0 Å². The van der Waals surface area contributed by atoms with Crippen LogP contribution in [0, 0.1) is 11.3 Å². The van der Waals surface area contributed by atoms with Crippen LogP contribution in [0.5, 0.6) is 0 Å². The van der Waals surface area contributed by atoms with E-state index in [9.17, 15) is 5.11 Å². The molecule has 0 aromatic heterocycles. The molecule has 0 fully saturated rings. The summed E-state index contributed by atoms with van der Waals surface area (Å²) < 4.78 is 0. The molecule has 0 saturated heterocycles. The van der Waals surface area contributed by atoms with Crippen LogP contribution >= 0.6 is 0 Å². The first kappa shape index (κ1) is 12.4. The van der Waals surface area contributed by atoms with E-state index in [1.54, 1.807) is 24.3 Å². The molecule has 0 unspecified atom stereocenters. The van der Waals surface area contributed by atoms with E-state index in [0.717, 1.165) is 21.9 Å². The second-order valence-electron chi connectivity index (χ2n) is 4.70. The zero-order valence-electron chi connectivity index (χ0n) is 10.8. The number of nitriles is 1. The maximum Gasteiger partial charge on any atom is 0.105 e. The number of hydrogen-bond donors (Lipinski definition) is 1. The maximum atomic E-state index is 10.6. The second-order valence-corrected chi connectivity index (χ2v) is 4.70. The zero-order chi connectivity index (χ0) is 13.9. The third-order valence-electron chi connectivity index (χ3n) is 3.47. The lowest BCUT2D eigenvalue weighted by Crippen LogP contribution is -2.00. The first-order valence-electron chi connectivity index (χ1n) is 6.45. The monoisotopic (exact) mass is 259 g/mol. The predicted molar refractivity (Wildman–Crippen MR) is 79.2 cm³/mol. The highest BCUT2D eigenvalue weighted by Crippen LogP contribution is 2.28. The smallest absolute Gasteiger partial charge is 0.105 e. The van der Waals surface area contributed by atoms with Crippen molar-refractivity contribution in [2.75, 3.05) is 0 Å². The van der Waals surface area contributed by atoms with Crippen molar-refractivity contribution in [1.29, 1.82) is 5.26 Å². The van der Waals surface area contributed by atoms with Gasteiger partial charge in [-0.3, -0.25) is 0 Å². The van der Waals surface area contributed by atoms with E-state index >= 15 is 0 Å². The van der Waals surface area contributed by atoms with E-state index in [0.29, 0.717) is 5.56 Å². The molecule has 3 aromatic carbocycles. The van der Waals surface area contributed by atoms with Gasteiger partial charge in [-0.15, -0.1) is 0 Å². The highest BCUT2D eigenvalue weighted by molar-refractivity contribution is 5.86. The first-order valence-corrected chi connectivity index (χ1v) is 6.45. The van der Waals surface area contributed by atoms with Gasteiger partial charge in [-0.25, -0.2) is 0 Å². The third kappa shape index (κ3) is 2.16. The molecule has 2 heteroatoms. The van der Waals surface area contributed by atoms with Gasteiger partial charge in [0.05, 0.1) is 11.6 Å². The summed E-state index contributed by atoms with van der Waals surface area (Å²) in [4.78, 5) is 0. The summed E-state index contributed by atoms with van der Waals surface area (Å²) in [5, 5.41) is 21.5. The molecule has 2 nitrogen and oxygen atoms in total. The van der Waals surface area contributed by atoms with Crippen molar-refractivity contribution < 1.29 is 5.11 Å². The van der Waals surface area contributed by atoms with Crippen LogP contribution in [-0.4, -0.2) is 5.11 Å². The van der Waals surface area contributed by atoms with Gasteiger partial charge in [0, 0.05) is 0 Å². The standard InChI is InChI=1S/C18H13NO/c19-12-13-8-10-15(11-9-13)18(20)17-7-3-5-14-4-1-2-6-16(14)17/h1-11,18,20H/t18-/m1/s1. The number of aliphatic hydroxyl groups is 1. The quantitative estimate of drug-likeness (QED) is 0.760. The van der Waals surface area contributed by atoms with Gasteiger partial charge >= 0.3 is 0 Å². The Hall–Kier alpha value is -2.63. The van der Waals surface area contributed by atoms with Gasteiger partial charge < -0.3 is 5.11 Å². The topological polar surface area (TPSA) is 44.0 Å². The van der Waals surface area contributed by atoms with Crippen molar-refractivity contribution in [3.63, 3.8) is 0 Å². The average Bonchev–Trinajstić information content (AvgIpc) is 2.54. The molecule has 0 aliphatic carbocycles. The summed E-state index contributed by atoms with van der Waals surface area (Å²) in [5.41, 5.74) is 2.27. The lowest BCUT2D eigenvalue weighted by Gasteiger charge is -2.14. The SMILES string of the molecule is N#Cc1ccc([C@@H](O)c2cccc3ccccc23)cc1. The number of hydrogen-bond acceptors (Lipinski definition) is 2. The Morgan fingerprint density at radius 1 is 0.850 bits per heavy atom. The van der Waals surface area contributed by atoms with E-state index in [2.05, 4.69) is 6.07 Å². The fourth-order valence-electron chi connectivity index (χ4n) is 2.41. The molecule has 0 spiro atoms. The predicted octanol–water partition coefficient (Wildman–Crippen LogP) is 3.79. The summed E-state index contributed by atoms with van der Waals surface area (Å²) >= 11 is 0. The van der Waals surface area contributed by atoms with Gasteiger partial charge in [-0.05, 0) is 34.0 Å². The van der Waals surface area contributed by atoms with Crippen LogP contribution in [0.2, 0.25) is 0 Å². The van der Waals surface area contributed by atoms with Crippen LogP contribution in [-0.2, 0) is 0 Å². The zero-order valence-corrected chi connectivity index (χ0v) is 10.8. The first-order chi connectivity index (χ1) is 9.79. The Morgan fingerprint density at radius 2 is 1.55 bits per heavy atom. The van der Waals surface area contributed by atoms with Gasteiger partial charge in [-0.1, -0.05) is 54.6 Å². The summed E-state index contributed by atoms with van der Waals surface area (Å²) in [6.45, 7) is 0. The molecule has 0 saturated carbocycles. The Kier molecular flexibility index (Phi) is 3.20. The molecule has 0 aliphatic rings. The van der Waals surface area contributed by atoms with Gasteiger partial charge in [0.1, 0.15) is 6.10 Å². The van der Waals surface area contributed by atoms with Crippen LogP contribution in [0.15, 0.2) is 66.7 Å². The molecule has 0 radical (unpaired) electrons. The molecule has 1 N–H and O–H groups in total. The fourth-order valence-corrected chi connectivity index (χ4v) is 2.41. The van der Waals surface area contributed by atoms with Gasteiger partial charge in [-0.2, -0.15) is 5.26 Å². The highest BCUT2D eigenvalue weighted by atomic mass is 16.3. The van der Waals surface area contributed by atoms with E-state index in [4.69, 9.17) is 5.26 Å². The van der Waals surface area contributed by atoms with Crippen LogP contribution < -0.4 is 0 Å². The maximum absolute atomic E-state index is 10.6. The molecule has 3 aromatic rings. The molecule has 96 valence electrons. The number of fused-ring (bicyclic) bond motifs is 1. The Balaban J connectivity index is 2.08. The number of benzene rings is 3. The molecule has 0 amide bonds. The third-order valence-corrected chi connectivity index (χ3v) is 3.47. The summed E-state index contributed by atoms with van der Waals surface area (Å²) in [6.07, 6.45) is -0.686. The molecule has 0 bridgehead atoms. The van der Waals surface area contributed by atoms with Crippen molar-refractivity contribution in [2.24, 2.45) is 0 Å². The van der Waals surface area contributed by atoms with Crippen molar-refractivity contribution in [2.45, 2.75) is 6.10 Å².